The lowest BCUT2D eigenvalue weighted by Crippen LogP contribution is -2.52. The lowest BCUT2D eigenvalue weighted by molar-refractivity contribution is -0.139. The maximum Gasteiger partial charge on any atom is 0.416 e. The van der Waals surface area contributed by atoms with Crippen molar-refractivity contribution in [3.63, 3.8) is 0 Å². The fraction of sp³-hybridized carbons (Fsp3) is 0.286. The molecule has 0 aliphatic rings. The lowest BCUT2D eigenvalue weighted by atomic mass is 10.1. The molecule has 214 valence electrons. The second-order valence-electron chi connectivity index (χ2n) is 9.36. The van der Waals surface area contributed by atoms with Crippen molar-refractivity contribution in [1.29, 1.82) is 0 Å². The van der Waals surface area contributed by atoms with Crippen LogP contribution in [0, 0.1) is 0 Å². The van der Waals surface area contributed by atoms with E-state index in [1.165, 1.54) is 42.2 Å². The molecule has 0 aliphatic heterocycles. The molecule has 3 aromatic rings. The minimum Gasteiger partial charge on any atom is -0.352 e. The first kappa shape index (κ1) is 31.0. The summed E-state index contributed by atoms with van der Waals surface area (Å²) < 4.78 is 68.5. The van der Waals surface area contributed by atoms with Crippen LogP contribution < -0.4 is 9.62 Å². The van der Waals surface area contributed by atoms with Gasteiger partial charge in [0.15, 0.2) is 0 Å². The maximum atomic E-state index is 13.8. The first-order valence-electron chi connectivity index (χ1n) is 12.3. The van der Waals surface area contributed by atoms with Crippen molar-refractivity contribution in [1.82, 2.24) is 10.2 Å². The lowest BCUT2D eigenvalue weighted by Gasteiger charge is -2.32. The van der Waals surface area contributed by atoms with Crippen LogP contribution in [0.3, 0.4) is 0 Å². The molecule has 0 spiro atoms. The van der Waals surface area contributed by atoms with Gasteiger partial charge in [0.05, 0.1) is 16.1 Å². The van der Waals surface area contributed by atoms with Crippen molar-refractivity contribution in [3.8, 4) is 0 Å². The van der Waals surface area contributed by atoms with Gasteiger partial charge in [0.2, 0.25) is 11.8 Å². The number of carbonyl (C=O) groups is 2. The molecule has 0 saturated heterocycles. The molecule has 2 amide bonds. The molecule has 0 aliphatic carbocycles. The van der Waals surface area contributed by atoms with Crippen LogP contribution >= 0.6 is 11.6 Å². The van der Waals surface area contributed by atoms with Crippen LogP contribution in [0.5, 0.6) is 0 Å². The minimum absolute atomic E-state index is 0.0789. The van der Waals surface area contributed by atoms with E-state index in [4.69, 9.17) is 11.6 Å². The normalized spacial score (nSPS) is 12.6. The van der Waals surface area contributed by atoms with Crippen molar-refractivity contribution in [2.24, 2.45) is 0 Å². The summed E-state index contributed by atoms with van der Waals surface area (Å²) in [4.78, 5) is 27.6. The Morgan fingerprint density at radius 3 is 2.12 bits per heavy atom. The van der Waals surface area contributed by atoms with Crippen molar-refractivity contribution < 1.29 is 31.2 Å². The molecule has 3 rings (SSSR count). The summed E-state index contributed by atoms with van der Waals surface area (Å²) in [6.45, 7) is 4.05. The number of carbonyl (C=O) groups excluding carboxylic acids is 2. The van der Waals surface area contributed by atoms with Gasteiger partial charge in [-0.15, -0.1) is 0 Å². The van der Waals surface area contributed by atoms with Gasteiger partial charge in [0.1, 0.15) is 12.6 Å². The summed E-state index contributed by atoms with van der Waals surface area (Å²) in [5.74, 6) is -1.27. The Bertz CT molecular complexity index is 1430. The molecule has 0 heterocycles. The van der Waals surface area contributed by atoms with Crippen LogP contribution in [-0.2, 0) is 32.3 Å². The predicted molar refractivity (Wildman–Crippen MR) is 147 cm³/mol. The Kier molecular flexibility index (Phi) is 9.86. The van der Waals surface area contributed by atoms with Crippen molar-refractivity contribution in [2.75, 3.05) is 10.8 Å². The molecular formula is C28H29ClF3N3O4S. The number of nitrogens with zero attached hydrogens (tertiary/aromatic N) is 2. The molecule has 0 aromatic heterocycles. The zero-order valence-electron chi connectivity index (χ0n) is 22.0. The van der Waals surface area contributed by atoms with Gasteiger partial charge in [-0.2, -0.15) is 13.2 Å². The first-order valence-corrected chi connectivity index (χ1v) is 14.1. The number of hydrogen-bond acceptors (Lipinski definition) is 4. The third-order valence-corrected chi connectivity index (χ3v) is 7.98. The Balaban J connectivity index is 2.07. The summed E-state index contributed by atoms with van der Waals surface area (Å²) in [5, 5.41) is 3.18. The Morgan fingerprint density at radius 1 is 0.925 bits per heavy atom. The number of alkyl halides is 3. The van der Waals surface area contributed by atoms with E-state index < -0.39 is 46.2 Å². The fourth-order valence-electron chi connectivity index (χ4n) is 3.86. The number of halogens is 4. The van der Waals surface area contributed by atoms with E-state index in [2.05, 4.69) is 5.32 Å². The van der Waals surface area contributed by atoms with Crippen LogP contribution in [0.25, 0.3) is 0 Å². The van der Waals surface area contributed by atoms with Gasteiger partial charge in [-0.1, -0.05) is 48.0 Å². The Labute approximate surface area is 236 Å². The van der Waals surface area contributed by atoms with E-state index in [1.807, 2.05) is 0 Å². The van der Waals surface area contributed by atoms with E-state index >= 15 is 0 Å². The number of hydrogen-bond donors (Lipinski definition) is 1. The molecule has 0 bridgehead atoms. The van der Waals surface area contributed by atoms with Crippen LogP contribution in [0.1, 0.15) is 31.9 Å². The SMILES string of the molecule is CC(C)NC(=O)[C@@H](C)N(Cc1ccc(Cl)cc1)C(=O)CN(c1cccc(C(F)(F)F)c1)S(=O)(=O)c1ccccc1. The number of anilines is 1. The summed E-state index contributed by atoms with van der Waals surface area (Å²) in [7, 11) is -4.49. The molecule has 0 saturated carbocycles. The second-order valence-corrected chi connectivity index (χ2v) is 11.7. The van der Waals surface area contributed by atoms with Crippen LogP contribution in [0.2, 0.25) is 5.02 Å². The predicted octanol–water partition coefficient (Wildman–Crippen LogP) is 5.50. The van der Waals surface area contributed by atoms with Gasteiger partial charge < -0.3 is 10.2 Å². The zero-order valence-corrected chi connectivity index (χ0v) is 23.6. The van der Waals surface area contributed by atoms with Crippen molar-refractivity contribution in [2.45, 2.75) is 50.5 Å². The molecule has 1 N–H and O–H groups in total. The molecule has 0 radical (unpaired) electrons. The largest absolute Gasteiger partial charge is 0.416 e. The monoisotopic (exact) mass is 595 g/mol. The summed E-state index contributed by atoms with van der Waals surface area (Å²) >= 11 is 5.97. The minimum atomic E-state index is -4.74. The van der Waals surface area contributed by atoms with Gasteiger partial charge in [-0.3, -0.25) is 13.9 Å². The molecular weight excluding hydrogens is 567 g/mol. The zero-order chi connectivity index (χ0) is 29.7. The number of amides is 2. The molecule has 12 heteroatoms. The van der Waals surface area contributed by atoms with E-state index in [9.17, 15) is 31.2 Å². The van der Waals surface area contributed by atoms with Crippen LogP contribution in [0.4, 0.5) is 18.9 Å². The molecule has 40 heavy (non-hydrogen) atoms. The number of nitrogens with one attached hydrogen (secondary N) is 1. The molecule has 1 atom stereocenters. The fourth-order valence-corrected chi connectivity index (χ4v) is 5.41. The topological polar surface area (TPSA) is 86.8 Å². The summed E-state index contributed by atoms with van der Waals surface area (Å²) in [6, 6.07) is 16.1. The van der Waals surface area contributed by atoms with Gasteiger partial charge in [-0.25, -0.2) is 8.42 Å². The van der Waals surface area contributed by atoms with Gasteiger partial charge >= 0.3 is 6.18 Å². The standard InChI is InChI=1S/C28H29ClF3N3O4S/c1-19(2)33-27(37)20(3)34(17-21-12-14-23(29)15-13-21)26(36)18-35(40(38,39)25-10-5-4-6-11-25)24-9-7-8-22(16-24)28(30,31)32/h4-16,19-20H,17-18H2,1-3H3,(H,33,37)/t20-/m1/s1. The van der Waals surface area contributed by atoms with Crippen molar-refractivity contribution >= 4 is 39.1 Å². The summed E-state index contributed by atoms with van der Waals surface area (Å²) in [6.07, 6.45) is -4.74. The number of sulfonamides is 1. The quantitative estimate of drug-likeness (QED) is 0.336. The highest BCUT2D eigenvalue weighted by atomic mass is 35.5. The smallest absolute Gasteiger partial charge is 0.352 e. The van der Waals surface area contributed by atoms with Gasteiger partial charge in [-0.05, 0) is 68.8 Å². The second kappa shape index (κ2) is 12.7. The summed E-state index contributed by atoms with van der Waals surface area (Å²) in [5.41, 5.74) is -0.815. The highest BCUT2D eigenvalue weighted by molar-refractivity contribution is 7.92. The van der Waals surface area contributed by atoms with E-state index in [0.29, 0.717) is 21.0 Å². The molecule has 3 aromatic carbocycles. The van der Waals surface area contributed by atoms with Crippen molar-refractivity contribution in [3.05, 3.63) is 95.0 Å². The number of rotatable bonds is 10. The van der Waals surface area contributed by atoms with Gasteiger partial charge in [0, 0.05) is 17.6 Å². The van der Waals surface area contributed by atoms with Crippen LogP contribution in [0.15, 0.2) is 83.8 Å². The molecule has 7 nitrogen and oxygen atoms in total. The molecule has 0 fully saturated rings. The third-order valence-electron chi connectivity index (χ3n) is 5.94. The Hall–Kier alpha value is -3.57. The van der Waals surface area contributed by atoms with E-state index in [-0.39, 0.29) is 23.2 Å². The first-order chi connectivity index (χ1) is 18.7. The number of benzene rings is 3. The van der Waals surface area contributed by atoms with Gasteiger partial charge in [0.25, 0.3) is 10.0 Å². The molecule has 0 unspecified atom stereocenters. The highest BCUT2D eigenvalue weighted by Gasteiger charge is 2.35. The maximum absolute atomic E-state index is 13.8. The Morgan fingerprint density at radius 2 is 1.55 bits per heavy atom. The average Bonchev–Trinajstić information content (AvgIpc) is 2.90. The third kappa shape index (κ3) is 7.76. The highest BCUT2D eigenvalue weighted by Crippen LogP contribution is 2.33. The van der Waals surface area contributed by atoms with E-state index in [1.54, 1.807) is 44.2 Å². The average molecular weight is 596 g/mol. The van der Waals surface area contributed by atoms with E-state index in [0.717, 1.165) is 12.1 Å². The van der Waals surface area contributed by atoms with Crippen LogP contribution in [-0.4, -0.2) is 43.8 Å².